The van der Waals surface area contributed by atoms with Gasteiger partial charge in [0.15, 0.2) is 0 Å². The third kappa shape index (κ3) is 14.2. The van der Waals surface area contributed by atoms with Gasteiger partial charge in [0.2, 0.25) is 29.5 Å². The lowest BCUT2D eigenvalue weighted by atomic mass is 10.00. The zero-order valence-electron chi connectivity index (χ0n) is 43.2. The Labute approximate surface area is 448 Å². The molecule has 4 fully saturated rings. The Bertz CT molecular complexity index is 2800. The van der Waals surface area contributed by atoms with E-state index >= 15 is 19.2 Å². The maximum absolute atomic E-state index is 15.3. The van der Waals surface area contributed by atoms with Gasteiger partial charge in [-0.25, -0.2) is 4.79 Å². The normalized spacial score (nSPS) is 25.0. The molecule has 4 aliphatic heterocycles. The molecule has 4 aromatic carbocycles. The summed E-state index contributed by atoms with van der Waals surface area (Å²) in [4.78, 5) is 96.7. The monoisotopic (exact) mass is 1050 g/mol. The Hall–Kier alpha value is -7.36. The molecule has 0 bridgehead atoms. The number of carbonyl (C=O) groups is 6. The summed E-state index contributed by atoms with van der Waals surface area (Å²) in [5.41, 5.74) is 9.87. The van der Waals surface area contributed by atoms with Crippen molar-refractivity contribution in [1.29, 1.82) is 0 Å². The molecule has 1 aromatic heterocycles. The van der Waals surface area contributed by atoms with Crippen molar-refractivity contribution < 1.29 is 43.3 Å². The summed E-state index contributed by atoms with van der Waals surface area (Å²) in [6.45, 7) is 3.33. The van der Waals surface area contributed by atoms with Crippen LogP contribution in [0.15, 0.2) is 115 Å². The highest BCUT2D eigenvalue weighted by molar-refractivity contribution is 5.97. The second-order valence-corrected chi connectivity index (χ2v) is 20.3. The fraction of sp³-hybridized carbons (Fsp3) is 0.439. The smallest absolute Gasteiger partial charge is 0.407 e. The van der Waals surface area contributed by atoms with Crippen molar-refractivity contribution >= 4 is 46.5 Å². The number of aliphatic hydroxyl groups is 1. The average Bonchev–Trinajstić information content (AvgIpc) is 4.24. The first-order valence-electron chi connectivity index (χ1n) is 26.9. The summed E-state index contributed by atoms with van der Waals surface area (Å²) in [6.07, 6.45) is -0.0377. The van der Waals surface area contributed by atoms with E-state index in [2.05, 4.69) is 41.8 Å². The standard InChI is InChI=1S/C57H71N11O9/c58-23-24-60-57(75)77-42-32-50-54(72)62-45(22-19-37-10-3-1-4-11-37)51(69)63-46(31-40-33-61-44-15-8-7-14-43(40)44)52(70)65-48(35-66-28-25-59-26-29-66)53(71)64-47(55(73)67-27-9-16-49(67)56(74)68(50)34-42)30-38-17-20-41(21-18-38)76-36-39-12-5-2-6-13-39/h1-8,10-15,17-18,20-21,33,42,45-51,59,61,63,69H,9,16,19,22-32,34-36,58H2,(H,60,75)(H,62,72)(H,64,71)(H,65,70)/t42-,45+,46-,47+,48+,49+,50+,51?/m1/s1. The van der Waals surface area contributed by atoms with Crippen molar-refractivity contribution in [2.45, 2.75) is 100 Å². The molecule has 4 saturated heterocycles. The molecule has 5 aromatic rings. The summed E-state index contributed by atoms with van der Waals surface area (Å²) in [7, 11) is 0. The molecular weight excluding hydrogens is 983 g/mol. The van der Waals surface area contributed by atoms with Crippen LogP contribution in [0.2, 0.25) is 0 Å². The van der Waals surface area contributed by atoms with Crippen LogP contribution in [0, 0.1) is 0 Å². The van der Waals surface area contributed by atoms with Crippen molar-refractivity contribution in [2.24, 2.45) is 5.73 Å². The Morgan fingerprint density at radius 3 is 2.17 bits per heavy atom. The molecule has 9 rings (SSSR count). The Morgan fingerprint density at radius 1 is 0.714 bits per heavy atom. The van der Waals surface area contributed by atoms with Crippen LogP contribution in [-0.4, -0.2) is 168 Å². The molecule has 8 atom stereocenters. The number of aromatic nitrogens is 1. The number of aliphatic hydroxyl groups excluding tert-OH is 1. The minimum absolute atomic E-state index is 0.0269. The molecule has 6 amide bonds. The number of nitrogens with zero attached hydrogens (tertiary/aromatic N) is 3. The van der Waals surface area contributed by atoms with Gasteiger partial charge < -0.3 is 61.7 Å². The molecule has 20 heteroatoms. The molecule has 20 nitrogen and oxygen atoms in total. The first kappa shape index (κ1) is 54.4. The summed E-state index contributed by atoms with van der Waals surface area (Å²) < 4.78 is 11.8. The number of aryl methyl sites for hydroxylation is 1. The molecule has 77 heavy (non-hydrogen) atoms. The van der Waals surface area contributed by atoms with Crippen LogP contribution in [0.4, 0.5) is 4.79 Å². The van der Waals surface area contributed by atoms with Crippen LogP contribution < -0.4 is 42.4 Å². The third-order valence-corrected chi connectivity index (χ3v) is 14.9. The topological polar surface area (TPSA) is 265 Å². The van der Waals surface area contributed by atoms with E-state index in [0.717, 1.165) is 27.6 Å². The number of piperazine rings is 1. The van der Waals surface area contributed by atoms with Crippen molar-refractivity contribution in [3.63, 3.8) is 0 Å². The second-order valence-electron chi connectivity index (χ2n) is 20.3. The number of aromatic amines is 1. The Kier molecular flexibility index (Phi) is 18.5. The number of hydrogen-bond acceptors (Lipinski definition) is 13. The predicted molar refractivity (Wildman–Crippen MR) is 288 cm³/mol. The highest BCUT2D eigenvalue weighted by atomic mass is 16.6. The molecule has 408 valence electrons. The number of hydrogen-bond donors (Lipinski definition) is 9. The molecule has 1 unspecified atom stereocenters. The molecule has 4 aliphatic rings. The van der Waals surface area contributed by atoms with E-state index in [1.165, 1.54) is 9.80 Å². The van der Waals surface area contributed by atoms with Gasteiger partial charge >= 0.3 is 6.09 Å². The SMILES string of the molecule is NCCNC(=O)O[C@@H]1C[C@H]2C(=O)N[C@@H](CCc3ccccc3)C(O)N[C@H](Cc3c[nH]c4ccccc34)C(=O)N[C@@H](CN3CCNCC3)C(=O)N[C@@H](Cc3ccc(OCc4ccccc4)cc3)C(=O)N3CCC[C@H]3C(=O)N2C1. The number of para-hydroxylation sites is 1. The molecule has 0 saturated carbocycles. The van der Waals surface area contributed by atoms with Gasteiger partial charge in [0.25, 0.3) is 0 Å². The largest absolute Gasteiger partial charge is 0.489 e. The van der Waals surface area contributed by atoms with Crippen molar-refractivity contribution in [3.05, 3.63) is 138 Å². The molecule has 0 aliphatic carbocycles. The van der Waals surface area contributed by atoms with Crippen LogP contribution in [-0.2, 0) is 54.6 Å². The number of ether oxygens (including phenoxy) is 2. The fourth-order valence-corrected chi connectivity index (χ4v) is 10.8. The van der Waals surface area contributed by atoms with Gasteiger partial charge in [0.1, 0.15) is 48.9 Å². The number of H-pyrrole nitrogens is 1. The highest BCUT2D eigenvalue weighted by Gasteiger charge is 2.48. The van der Waals surface area contributed by atoms with E-state index < -0.39 is 84.2 Å². The van der Waals surface area contributed by atoms with Crippen molar-refractivity contribution in [1.82, 2.24) is 51.6 Å². The van der Waals surface area contributed by atoms with Gasteiger partial charge in [-0.15, -0.1) is 0 Å². The number of amides is 6. The van der Waals surface area contributed by atoms with Crippen molar-refractivity contribution in [2.75, 3.05) is 58.9 Å². The maximum atomic E-state index is 15.3. The van der Waals surface area contributed by atoms with E-state index in [0.29, 0.717) is 56.9 Å². The summed E-state index contributed by atoms with van der Waals surface area (Å²) in [5, 5.41) is 31.5. The summed E-state index contributed by atoms with van der Waals surface area (Å²) in [6, 6.07) is 27.4. The number of nitrogens with two attached hydrogens (primary N) is 1. The number of nitrogens with one attached hydrogen (secondary N) is 7. The van der Waals surface area contributed by atoms with E-state index in [1.54, 1.807) is 18.3 Å². The maximum Gasteiger partial charge on any atom is 0.407 e. The second kappa shape index (κ2) is 26.1. The molecule has 0 spiro atoms. The summed E-state index contributed by atoms with van der Waals surface area (Å²) >= 11 is 0. The van der Waals surface area contributed by atoms with Crippen molar-refractivity contribution in [3.8, 4) is 5.75 Å². The lowest BCUT2D eigenvalue weighted by Crippen LogP contribution is -2.64. The van der Waals surface area contributed by atoms with E-state index in [4.69, 9.17) is 15.2 Å². The number of alkyl carbamates (subject to hydrolysis) is 1. The van der Waals surface area contributed by atoms with E-state index in [-0.39, 0.29) is 64.8 Å². The van der Waals surface area contributed by atoms with Gasteiger partial charge in [-0.3, -0.25) is 34.2 Å². The number of fused-ring (bicyclic) bond motifs is 3. The van der Waals surface area contributed by atoms with E-state index in [1.807, 2.05) is 97.1 Å². The highest BCUT2D eigenvalue weighted by Crippen LogP contribution is 2.29. The van der Waals surface area contributed by atoms with Gasteiger partial charge in [0.05, 0.1) is 18.6 Å². The Balaban J connectivity index is 1.08. The van der Waals surface area contributed by atoms with Crippen LogP contribution in [0.5, 0.6) is 5.75 Å². The van der Waals surface area contributed by atoms with Crippen LogP contribution >= 0.6 is 0 Å². The lowest BCUT2D eigenvalue weighted by molar-refractivity contribution is -0.148. The van der Waals surface area contributed by atoms with Crippen LogP contribution in [0.25, 0.3) is 10.9 Å². The number of carbonyl (C=O) groups excluding carboxylic acids is 6. The van der Waals surface area contributed by atoms with Gasteiger partial charge in [-0.1, -0.05) is 91.0 Å². The predicted octanol–water partition coefficient (Wildman–Crippen LogP) is 1.46. The molecule has 0 radical (unpaired) electrons. The van der Waals surface area contributed by atoms with E-state index in [9.17, 15) is 14.7 Å². The molecule has 5 heterocycles. The first-order chi connectivity index (χ1) is 37.5. The Morgan fingerprint density at radius 2 is 1.42 bits per heavy atom. The molecular formula is C57H71N11O9. The quantitative estimate of drug-likeness (QED) is 0.0721. The molecule has 10 N–H and O–H groups in total. The average molecular weight is 1050 g/mol. The van der Waals surface area contributed by atoms with Gasteiger partial charge in [-0.2, -0.15) is 0 Å². The third-order valence-electron chi connectivity index (χ3n) is 14.9. The zero-order valence-corrected chi connectivity index (χ0v) is 43.2. The number of benzene rings is 4. The zero-order chi connectivity index (χ0) is 53.7. The van der Waals surface area contributed by atoms with Crippen LogP contribution in [0.3, 0.4) is 0 Å². The minimum atomic E-state index is -1.54. The van der Waals surface area contributed by atoms with Gasteiger partial charge in [-0.05, 0) is 72.6 Å². The minimum Gasteiger partial charge on any atom is -0.489 e. The fourth-order valence-electron chi connectivity index (χ4n) is 10.8. The first-order valence-corrected chi connectivity index (χ1v) is 26.9. The summed E-state index contributed by atoms with van der Waals surface area (Å²) in [5.74, 6) is -2.23. The number of rotatable bonds is 15. The van der Waals surface area contributed by atoms with Gasteiger partial charge in [0, 0.05) is 82.3 Å². The lowest BCUT2D eigenvalue weighted by Gasteiger charge is -2.36. The van der Waals surface area contributed by atoms with Crippen LogP contribution in [0.1, 0.15) is 47.9 Å².